The fourth-order valence-corrected chi connectivity index (χ4v) is 7.37. The lowest BCUT2D eigenvalue weighted by molar-refractivity contribution is -0.143. The van der Waals surface area contributed by atoms with Crippen LogP contribution in [0, 0.1) is 0 Å². The highest BCUT2D eigenvalue weighted by Gasteiger charge is 2.37. The molecule has 9 heteroatoms. The summed E-state index contributed by atoms with van der Waals surface area (Å²) in [7, 11) is -2.45. The highest BCUT2D eigenvalue weighted by atomic mass is 28.5. The van der Waals surface area contributed by atoms with E-state index in [0.717, 1.165) is 0 Å². The van der Waals surface area contributed by atoms with Crippen molar-refractivity contribution >= 4 is 29.1 Å². The van der Waals surface area contributed by atoms with E-state index in [2.05, 4.69) is 9.47 Å². The molecule has 0 spiro atoms. The molecular weight excluding hydrogens is 288 g/mol. The van der Waals surface area contributed by atoms with Gasteiger partial charge in [0, 0.05) is 0 Å². The lowest BCUT2D eigenvalue weighted by Crippen LogP contribution is -2.49. The van der Waals surface area contributed by atoms with Crippen LogP contribution in [0.15, 0.2) is 0 Å². The Kier molecular flexibility index (Phi) is 7.44. The van der Waals surface area contributed by atoms with Gasteiger partial charge in [0.25, 0.3) is 0 Å². The third kappa shape index (κ3) is 8.89. The predicted molar refractivity (Wildman–Crippen MR) is 72.0 cm³/mol. The van der Waals surface area contributed by atoms with E-state index in [1.54, 1.807) is 26.2 Å². The molecule has 0 rings (SSSR count). The van der Waals surface area contributed by atoms with Gasteiger partial charge in [-0.05, 0) is 26.2 Å². The van der Waals surface area contributed by atoms with Gasteiger partial charge in [0.2, 0.25) is 0 Å². The molecule has 0 aliphatic carbocycles. The zero-order chi connectivity index (χ0) is 15.1. The first kappa shape index (κ1) is 18.3. The largest absolute Gasteiger partial charge is 0.467 e. The Labute approximate surface area is 115 Å². The Morgan fingerprint density at radius 1 is 0.789 bits per heavy atom. The van der Waals surface area contributed by atoms with E-state index >= 15 is 0 Å². The van der Waals surface area contributed by atoms with Crippen LogP contribution in [0.4, 0.5) is 0 Å². The van der Waals surface area contributed by atoms with Gasteiger partial charge in [-0.15, -0.1) is 0 Å². The van der Waals surface area contributed by atoms with E-state index in [0.29, 0.717) is 0 Å². The van der Waals surface area contributed by atoms with Gasteiger partial charge >= 0.3 is 29.1 Å². The zero-order valence-electron chi connectivity index (χ0n) is 12.3. The van der Waals surface area contributed by atoms with E-state index in [1.165, 1.54) is 14.2 Å². The fourth-order valence-electron chi connectivity index (χ4n) is 1.23. The first-order valence-electron chi connectivity index (χ1n) is 5.73. The molecule has 0 bridgehead atoms. The van der Waals surface area contributed by atoms with Crippen molar-refractivity contribution in [2.45, 2.75) is 26.2 Å². The Morgan fingerprint density at radius 3 is 1.37 bits per heavy atom. The summed E-state index contributed by atoms with van der Waals surface area (Å²) in [4.78, 5) is 22.0. The molecular formula is C10H22O7Si2. The van der Waals surface area contributed by atoms with Crippen LogP contribution in [0.1, 0.15) is 0 Å². The summed E-state index contributed by atoms with van der Waals surface area (Å²) >= 11 is 0. The summed E-state index contributed by atoms with van der Waals surface area (Å²) < 4.78 is 25.7. The molecule has 0 aromatic carbocycles. The average Bonchev–Trinajstić information content (AvgIpc) is 2.31. The van der Waals surface area contributed by atoms with E-state index < -0.39 is 29.1 Å². The van der Waals surface area contributed by atoms with Crippen molar-refractivity contribution in [1.82, 2.24) is 0 Å². The summed E-state index contributed by atoms with van der Waals surface area (Å²) in [5.41, 5.74) is 0. The minimum absolute atomic E-state index is 0.156. The lowest BCUT2D eigenvalue weighted by atomic mass is 10.8. The monoisotopic (exact) mass is 310 g/mol. The number of methoxy groups -OCH3 is 2. The van der Waals surface area contributed by atoms with Crippen LogP contribution >= 0.6 is 0 Å². The molecule has 0 aromatic rings. The minimum Gasteiger partial charge on any atom is -0.467 e. The maximum atomic E-state index is 11.0. The lowest BCUT2D eigenvalue weighted by Gasteiger charge is -2.31. The second kappa shape index (κ2) is 7.75. The number of rotatable bonds is 8. The molecule has 0 fully saturated rings. The van der Waals surface area contributed by atoms with E-state index in [1.807, 2.05) is 0 Å². The molecule has 0 unspecified atom stereocenters. The first-order chi connectivity index (χ1) is 8.62. The second-order valence-corrected chi connectivity index (χ2v) is 11.6. The van der Waals surface area contributed by atoms with Crippen LogP contribution in [0.3, 0.4) is 0 Å². The van der Waals surface area contributed by atoms with Crippen molar-refractivity contribution < 1.29 is 32.0 Å². The van der Waals surface area contributed by atoms with Crippen LogP contribution in [0.2, 0.25) is 26.2 Å². The molecule has 0 atom stereocenters. The molecule has 0 heterocycles. The molecule has 0 saturated carbocycles. The third-order valence-electron chi connectivity index (χ3n) is 2.02. The van der Waals surface area contributed by atoms with Gasteiger partial charge in [0.15, 0.2) is 0 Å². The van der Waals surface area contributed by atoms with Crippen LogP contribution in [-0.2, 0) is 32.0 Å². The summed E-state index contributed by atoms with van der Waals surface area (Å²) in [5.74, 6) is -0.918. The maximum Gasteiger partial charge on any atom is 0.330 e. The predicted octanol–water partition coefficient (Wildman–Crippen LogP) is 0.786. The smallest absolute Gasteiger partial charge is 0.330 e. The SMILES string of the molecule is COC(=O)CO[Si](C)(C)O[Si](C)(C)OCC(=O)OC. The van der Waals surface area contributed by atoms with Gasteiger partial charge in [-0.3, -0.25) is 0 Å². The average molecular weight is 310 g/mol. The first-order valence-corrected chi connectivity index (χ1v) is 11.4. The van der Waals surface area contributed by atoms with Gasteiger partial charge in [-0.25, -0.2) is 9.59 Å². The van der Waals surface area contributed by atoms with Crippen LogP contribution in [0.5, 0.6) is 0 Å². The van der Waals surface area contributed by atoms with Gasteiger partial charge in [0.05, 0.1) is 14.2 Å². The Hall–Kier alpha value is -0.746. The molecule has 0 saturated heterocycles. The second-order valence-electron chi connectivity index (χ2n) is 4.63. The molecule has 0 radical (unpaired) electrons. The number of esters is 2. The molecule has 19 heavy (non-hydrogen) atoms. The quantitative estimate of drug-likeness (QED) is 0.484. The molecule has 112 valence electrons. The van der Waals surface area contributed by atoms with Crippen LogP contribution in [-0.4, -0.2) is 56.5 Å². The molecule has 0 aliphatic heterocycles. The highest BCUT2D eigenvalue weighted by Crippen LogP contribution is 2.16. The van der Waals surface area contributed by atoms with E-state index in [9.17, 15) is 9.59 Å². The van der Waals surface area contributed by atoms with Crippen molar-refractivity contribution in [3.8, 4) is 0 Å². The van der Waals surface area contributed by atoms with Crippen molar-refractivity contribution in [1.29, 1.82) is 0 Å². The molecule has 0 N–H and O–H groups in total. The van der Waals surface area contributed by atoms with E-state index in [4.69, 9.17) is 13.0 Å². The summed E-state index contributed by atoms with van der Waals surface area (Å²) in [6.45, 7) is 6.88. The molecule has 0 aliphatic rings. The Morgan fingerprint density at radius 2 is 1.11 bits per heavy atom. The molecule has 0 amide bonds. The summed E-state index contributed by atoms with van der Waals surface area (Å²) in [5, 5.41) is 0. The van der Waals surface area contributed by atoms with Crippen molar-refractivity contribution in [2.24, 2.45) is 0 Å². The Balaban J connectivity index is 4.28. The Bertz CT molecular complexity index is 287. The van der Waals surface area contributed by atoms with Crippen molar-refractivity contribution in [3.63, 3.8) is 0 Å². The van der Waals surface area contributed by atoms with Gasteiger partial charge in [0.1, 0.15) is 13.2 Å². The highest BCUT2D eigenvalue weighted by molar-refractivity contribution is 6.78. The standard InChI is InChI=1S/C10H22O7Si2/c1-13-9(11)7-15-18(3,4)17-19(5,6)16-8-10(12)14-2/h7-8H2,1-6H3. The van der Waals surface area contributed by atoms with Crippen molar-refractivity contribution in [3.05, 3.63) is 0 Å². The number of hydrogen-bond donors (Lipinski definition) is 0. The number of hydrogen-bond acceptors (Lipinski definition) is 7. The van der Waals surface area contributed by atoms with Gasteiger partial charge in [-0.2, -0.15) is 0 Å². The molecule has 0 aromatic heterocycles. The number of ether oxygens (including phenoxy) is 2. The topological polar surface area (TPSA) is 80.3 Å². The molecule has 7 nitrogen and oxygen atoms in total. The summed E-state index contributed by atoms with van der Waals surface area (Å²) in [6.07, 6.45) is 0. The van der Waals surface area contributed by atoms with Gasteiger partial charge in [-0.1, -0.05) is 0 Å². The summed E-state index contributed by atoms with van der Waals surface area (Å²) in [6, 6.07) is 0. The van der Waals surface area contributed by atoms with E-state index in [-0.39, 0.29) is 13.2 Å². The number of carbonyl (C=O) groups is 2. The normalized spacial score (nSPS) is 12.1. The third-order valence-corrected chi connectivity index (χ3v) is 7.63. The fraction of sp³-hybridized carbons (Fsp3) is 0.800. The van der Waals surface area contributed by atoms with Crippen LogP contribution in [0.25, 0.3) is 0 Å². The van der Waals surface area contributed by atoms with Crippen LogP contribution < -0.4 is 0 Å². The maximum absolute atomic E-state index is 11.0. The number of carbonyl (C=O) groups excluding carboxylic acids is 2. The zero-order valence-corrected chi connectivity index (χ0v) is 14.3. The minimum atomic E-state index is -2.52. The van der Waals surface area contributed by atoms with Crippen molar-refractivity contribution in [2.75, 3.05) is 27.4 Å². The van der Waals surface area contributed by atoms with Gasteiger partial charge < -0.3 is 22.4 Å².